The Kier molecular flexibility index (Phi) is 5.76. The van der Waals surface area contributed by atoms with Crippen LogP contribution in [0.15, 0.2) is 29.2 Å². The van der Waals surface area contributed by atoms with Crippen molar-refractivity contribution >= 4 is 11.8 Å². The number of alkyl halides is 6. The minimum Gasteiger partial charge on any atom is -0.353 e. The van der Waals surface area contributed by atoms with Crippen LogP contribution >= 0.6 is 11.8 Å². The van der Waals surface area contributed by atoms with Crippen LogP contribution in [0.1, 0.15) is 24.8 Å². The largest absolute Gasteiger partial charge is 0.430 e. The smallest absolute Gasteiger partial charge is 0.353 e. The molecule has 0 saturated carbocycles. The fourth-order valence-electron chi connectivity index (χ4n) is 2.52. The zero-order valence-electron chi connectivity index (χ0n) is 12.7. The summed E-state index contributed by atoms with van der Waals surface area (Å²) in [6.45, 7) is 0.0713. The Balaban J connectivity index is 2.52. The van der Waals surface area contributed by atoms with Crippen LogP contribution in [0.25, 0.3) is 0 Å². The van der Waals surface area contributed by atoms with Gasteiger partial charge in [0.1, 0.15) is 0 Å². The van der Waals surface area contributed by atoms with Gasteiger partial charge in [-0.3, -0.25) is 0 Å². The highest BCUT2D eigenvalue weighted by Crippen LogP contribution is 2.54. The summed E-state index contributed by atoms with van der Waals surface area (Å²) in [5, 5.41) is 0. The van der Waals surface area contributed by atoms with Gasteiger partial charge in [-0.1, -0.05) is 12.1 Å². The summed E-state index contributed by atoms with van der Waals surface area (Å²) in [7, 11) is 0. The molecule has 2 nitrogen and oxygen atoms in total. The molecule has 2 rings (SSSR count). The first-order chi connectivity index (χ1) is 11.1. The molecule has 1 unspecified atom stereocenters. The summed E-state index contributed by atoms with van der Waals surface area (Å²) < 4.78 is 91.1. The predicted octanol–water partition coefficient (Wildman–Crippen LogP) is 5.27. The van der Waals surface area contributed by atoms with Crippen molar-refractivity contribution in [1.82, 2.24) is 0 Å². The lowest BCUT2D eigenvalue weighted by atomic mass is 9.91. The van der Waals surface area contributed by atoms with Crippen molar-refractivity contribution in [3.63, 3.8) is 0 Å². The molecule has 0 aliphatic carbocycles. The third kappa shape index (κ3) is 3.67. The quantitative estimate of drug-likeness (QED) is 0.528. The van der Waals surface area contributed by atoms with E-state index >= 15 is 0 Å². The molecular formula is C15H16F6O2S. The maximum atomic E-state index is 13.6. The van der Waals surface area contributed by atoms with Crippen molar-refractivity contribution in [2.75, 3.05) is 12.9 Å². The summed E-state index contributed by atoms with van der Waals surface area (Å²) in [4.78, 5) is 0.547. The van der Waals surface area contributed by atoms with Crippen LogP contribution in [0.3, 0.4) is 0 Å². The topological polar surface area (TPSA) is 18.5 Å². The number of hydrogen-bond donors (Lipinski definition) is 0. The Labute approximate surface area is 139 Å². The van der Waals surface area contributed by atoms with Gasteiger partial charge in [-0.15, -0.1) is 11.8 Å². The SMILES string of the molecule is CSc1ccc(C(OC2CCCCO2)(C(F)(F)F)C(F)(F)F)cc1. The highest BCUT2D eigenvalue weighted by molar-refractivity contribution is 7.98. The molecule has 0 amide bonds. The van der Waals surface area contributed by atoms with Gasteiger partial charge in [-0.05, 0) is 37.7 Å². The van der Waals surface area contributed by atoms with Crippen molar-refractivity contribution in [3.8, 4) is 0 Å². The maximum absolute atomic E-state index is 13.6. The molecule has 0 aromatic heterocycles. The number of halogens is 6. The second kappa shape index (κ2) is 7.13. The first-order valence-corrected chi connectivity index (χ1v) is 8.41. The fraction of sp³-hybridized carbons (Fsp3) is 0.600. The number of ether oxygens (including phenoxy) is 2. The molecule has 136 valence electrons. The lowest BCUT2D eigenvalue weighted by molar-refractivity contribution is -0.419. The van der Waals surface area contributed by atoms with Crippen molar-refractivity contribution in [1.29, 1.82) is 0 Å². The molecular weight excluding hydrogens is 358 g/mol. The van der Waals surface area contributed by atoms with Gasteiger partial charge in [0.15, 0.2) is 6.29 Å². The summed E-state index contributed by atoms with van der Waals surface area (Å²) in [6, 6.07) is 4.01. The summed E-state index contributed by atoms with van der Waals surface area (Å²) >= 11 is 1.21. The molecule has 0 bridgehead atoms. The second-order valence-corrected chi connectivity index (χ2v) is 6.20. The van der Waals surface area contributed by atoms with E-state index in [0.29, 0.717) is 17.7 Å². The maximum Gasteiger partial charge on any atom is 0.430 e. The van der Waals surface area contributed by atoms with E-state index < -0.39 is 29.8 Å². The van der Waals surface area contributed by atoms with Gasteiger partial charge in [0.2, 0.25) is 0 Å². The van der Waals surface area contributed by atoms with Crippen LogP contribution in [-0.4, -0.2) is 31.5 Å². The van der Waals surface area contributed by atoms with E-state index in [1.165, 1.54) is 23.9 Å². The number of benzene rings is 1. The lowest BCUT2D eigenvalue weighted by Gasteiger charge is -2.40. The van der Waals surface area contributed by atoms with Gasteiger partial charge in [0.05, 0.1) is 0 Å². The second-order valence-electron chi connectivity index (χ2n) is 5.32. The number of hydrogen-bond acceptors (Lipinski definition) is 3. The Morgan fingerprint density at radius 2 is 1.58 bits per heavy atom. The molecule has 1 aliphatic heterocycles. The Morgan fingerprint density at radius 3 is 2.00 bits per heavy atom. The van der Waals surface area contributed by atoms with Crippen LogP contribution in [0.2, 0.25) is 0 Å². The molecule has 1 saturated heterocycles. The van der Waals surface area contributed by atoms with Gasteiger partial charge < -0.3 is 9.47 Å². The molecule has 0 N–H and O–H groups in total. The van der Waals surface area contributed by atoms with E-state index in [0.717, 1.165) is 12.1 Å². The highest BCUT2D eigenvalue weighted by Gasteiger charge is 2.74. The van der Waals surface area contributed by atoms with Gasteiger partial charge in [0.25, 0.3) is 5.60 Å². The van der Waals surface area contributed by atoms with E-state index in [-0.39, 0.29) is 13.0 Å². The summed E-state index contributed by atoms with van der Waals surface area (Å²) in [6.07, 6.45) is -10.3. The van der Waals surface area contributed by atoms with Crippen LogP contribution in [-0.2, 0) is 15.1 Å². The van der Waals surface area contributed by atoms with E-state index in [9.17, 15) is 26.3 Å². The zero-order chi connectivity index (χ0) is 18.0. The molecule has 9 heteroatoms. The molecule has 24 heavy (non-hydrogen) atoms. The predicted molar refractivity (Wildman–Crippen MR) is 76.7 cm³/mol. The first kappa shape index (κ1) is 19.4. The molecule has 1 aromatic rings. The monoisotopic (exact) mass is 374 g/mol. The third-order valence-corrected chi connectivity index (χ3v) is 4.48. The molecule has 1 fully saturated rings. The van der Waals surface area contributed by atoms with E-state index in [4.69, 9.17) is 4.74 Å². The Morgan fingerprint density at radius 1 is 1.00 bits per heavy atom. The average molecular weight is 374 g/mol. The van der Waals surface area contributed by atoms with E-state index in [1.54, 1.807) is 6.26 Å². The van der Waals surface area contributed by atoms with Crippen LogP contribution in [0, 0.1) is 0 Å². The highest BCUT2D eigenvalue weighted by atomic mass is 32.2. The number of rotatable bonds is 4. The van der Waals surface area contributed by atoms with Crippen molar-refractivity contribution in [2.45, 2.75) is 48.4 Å². The van der Waals surface area contributed by atoms with Crippen LogP contribution in [0.5, 0.6) is 0 Å². The molecule has 1 atom stereocenters. The molecule has 1 aliphatic rings. The van der Waals surface area contributed by atoms with E-state index in [1.807, 2.05) is 0 Å². The van der Waals surface area contributed by atoms with Crippen molar-refractivity contribution < 1.29 is 35.8 Å². The lowest BCUT2D eigenvalue weighted by Crippen LogP contribution is -2.57. The van der Waals surface area contributed by atoms with Crippen LogP contribution < -0.4 is 0 Å². The normalized spacial score (nSPS) is 20.2. The minimum atomic E-state index is -5.69. The molecule has 1 aromatic carbocycles. The summed E-state index contributed by atoms with van der Waals surface area (Å²) in [5.74, 6) is 0. The van der Waals surface area contributed by atoms with Crippen LogP contribution in [0.4, 0.5) is 26.3 Å². The first-order valence-electron chi connectivity index (χ1n) is 7.19. The molecule has 1 heterocycles. The van der Waals surface area contributed by atoms with Crippen molar-refractivity contribution in [3.05, 3.63) is 29.8 Å². The third-order valence-electron chi connectivity index (χ3n) is 3.74. The minimum absolute atomic E-state index is 0.0171. The fourth-order valence-corrected chi connectivity index (χ4v) is 2.92. The summed E-state index contributed by atoms with van der Waals surface area (Å²) in [5.41, 5.74) is -5.42. The standard InChI is InChI=1S/C15H16F6O2S/c1-24-11-7-5-10(6-8-11)13(14(16,17)18,15(19,20)21)23-12-4-2-3-9-22-12/h5-8,12H,2-4,9H2,1H3. The Bertz CT molecular complexity index is 520. The van der Waals surface area contributed by atoms with E-state index in [2.05, 4.69) is 4.74 Å². The van der Waals surface area contributed by atoms with Gasteiger partial charge in [-0.2, -0.15) is 26.3 Å². The molecule has 0 spiro atoms. The van der Waals surface area contributed by atoms with Gasteiger partial charge in [-0.25, -0.2) is 0 Å². The van der Waals surface area contributed by atoms with Gasteiger partial charge >= 0.3 is 12.4 Å². The molecule has 0 radical (unpaired) electrons. The van der Waals surface area contributed by atoms with Crippen molar-refractivity contribution in [2.24, 2.45) is 0 Å². The average Bonchev–Trinajstić information content (AvgIpc) is 2.51. The zero-order valence-corrected chi connectivity index (χ0v) is 13.5. The number of thioether (sulfide) groups is 1. The Hall–Kier alpha value is -0.930. The van der Waals surface area contributed by atoms with Gasteiger partial charge in [0, 0.05) is 17.1 Å².